The molecule has 2 aromatic heterocycles. The highest BCUT2D eigenvalue weighted by Gasteiger charge is 2.16. The van der Waals surface area contributed by atoms with Crippen molar-refractivity contribution in [2.45, 2.75) is 0 Å². The molecule has 0 aliphatic carbocycles. The molecule has 0 spiro atoms. The van der Waals surface area contributed by atoms with Crippen LogP contribution in [0.4, 0.5) is 0 Å². The second-order valence-corrected chi connectivity index (χ2v) is 3.85. The summed E-state index contributed by atoms with van der Waals surface area (Å²) in [6.45, 7) is 0. The van der Waals surface area contributed by atoms with Crippen LogP contribution in [0.5, 0.6) is 0 Å². The molecule has 0 bridgehead atoms. The Kier molecular flexibility index (Phi) is 2.19. The van der Waals surface area contributed by atoms with Crippen molar-refractivity contribution in [1.82, 2.24) is 15.0 Å². The van der Waals surface area contributed by atoms with Crippen molar-refractivity contribution in [3.63, 3.8) is 0 Å². The number of carbonyl (C=O) groups excluding carboxylic acids is 1. The molecule has 5 nitrogen and oxygen atoms in total. The molecular formula is C11H6ClN3O2. The molecule has 0 N–H and O–H groups in total. The van der Waals surface area contributed by atoms with Gasteiger partial charge in [0.25, 0.3) is 0 Å². The lowest BCUT2D eigenvalue weighted by Gasteiger charge is -1.97. The fraction of sp³-hybridized carbons (Fsp3) is 0. The summed E-state index contributed by atoms with van der Waals surface area (Å²) >= 11 is 5.83. The van der Waals surface area contributed by atoms with E-state index in [1.807, 2.05) is 0 Å². The van der Waals surface area contributed by atoms with Crippen molar-refractivity contribution in [3.05, 3.63) is 47.4 Å². The van der Waals surface area contributed by atoms with Gasteiger partial charge in [0.15, 0.2) is 5.76 Å². The summed E-state index contributed by atoms with van der Waals surface area (Å²) < 4.78 is 6.21. The lowest BCUT2D eigenvalue weighted by atomic mass is 10.3. The molecule has 0 unspecified atom stereocenters. The zero-order valence-corrected chi connectivity index (χ0v) is 9.26. The lowest BCUT2D eigenvalue weighted by molar-refractivity contribution is 0.0920. The van der Waals surface area contributed by atoms with Crippen molar-refractivity contribution in [2.24, 2.45) is 0 Å². The Labute approximate surface area is 101 Å². The molecule has 3 rings (SSSR count). The van der Waals surface area contributed by atoms with Gasteiger partial charge in [0.1, 0.15) is 5.52 Å². The number of hydrogen-bond donors (Lipinski definition) is 0. The van der Waals surface area contributed by atoms with E-state index in [-0.39, 0.29) is 11.7 Å². The van der Waals surface area contributed by atoms with Crippen LogP contribution in [0.25, 0.3) is 11.0 Å². The number of carbonyl (C=O) groups is 1. The fourth-order valence-corrected chi connectivity index (χ4v) is 1.72. The van der Waals surface area contributed by atoms with Crippen LogP contribution < -0.4 is 0 Å². The summed E-state index contributed by atoms with van der Waals surface area (Å²) in [5.74, 6) is -0.147. The van der Waals surface area contributed by atoms with Gasteiger partial charge < -0.3 is 4.42 Å². The number of halogens is 1. The van der Waals surface area contributed by atoms with Gasteiger partial charge in [0.2, 0.25) is 0 Å². The predicted octanol–water partition coefficient (Wildman–Crippen LogP) is 2.37. The monoisotopic (exact) mass is 247 g/mol. The van der Waals surface area contributed by atoms with Crippen molar-refractivity contribution >= 4 is 28.5 Å². The number of rotatable bonds is 1. The maximum absolute atomic E-state index is 12.0. The quantitative estimate of drug-likeness (QED) is 0.662. The van der Waals surface area contributed by atoms with Crippen molar-refractivity contribution in [3.8, 4) is 0 Å². The van der Waals surface area contributed by atoms with E-state index < -0.39 is 0 Å². The van der Waals surface area contributed by atoms with Crippen LogP contribution in [0.3, 0.4) is 0 Å². The highest BCUT2D eigenvalue weighted by atomic mass is 35.5. The second kappa shape index (κ2) is 3.71. The normalized spacial score (nSPS) is 10.9. The molecule has 0 fully saturated rings. The van der Waals surface area contributed by atoms with Gasteiger partial charge in [-0.15, -0.1) is 5.10 Å². The van der Waals surface area contributed by atoms with Crippen LogP contribution in [0.15, 0.2) is 41.0 Å². The van der Waals surface area contributed by atoms with Gasteiger partial charge in [-0.2, -0.15) is 4.68 Å². The molecule has 0 atom stereocenters. The van der Waals surface area contributed by atoms with Gasteiger partial charge in [-0.25, -0.2) is 0 Å². The molecule has 84 valence electrons. The van der Waals surface area contributed by atoms with E-state index >= 15 is 0 Å². The molecule has 0 amide bonds. The number of nitrogens with zero attached hydrogens (tertiary/aromatic N) is 3. The summed E-state index contributed by atoms with van der Waals surface area (Å²) in [7, 11) is 0. The van der Waals surface area contributed by atoms with Crippen molar-refractivity contribution < 1.29 is 9.21 Å². The van der Waals surface area contributed by atoms with E-state index in [4.69, 9.17) is 16.0 Å². The molecule has 1 aromatic carbocycles. The van der Waals surface area contributed by atoms with Gasteiger partial charge in [-0.1, -0.05) is 16.8 Å². The van der Waals surface area contributed by atoms with E-state index in [0.29, 0.717) is 16.1 Å². The first-order chi connectivity index (χ1) is 8.25. The topological polar surface area (TPSA) is 60.9 Å². The Bertz CT molecular complexity index is 688. The summed E-state index contributed by atoms with van der Waals surface area (Å²) in [6, 6.07) is 8.24. The summed E-state index contributed by atoms with van der Waals surface area (Å²) in [4.78, 5) is 12.0. The van der Waals surface area contributed by atoms with Crippen LogP contribution in [-0.4, -0.2) is 20.9 Å². The third-order valence-corrected chi connectivity index (χ3v) is 2.57. The van der Waals surface area contributed by atoms with E-state index in [0.717, 1.165) is 0 Å². The number of aromatic nitrogens is 3. The minimum absolute atomic E-state index is 0.215. The summed E-state index contributed by atoms with van der Waals surface area (Å²) in [5, 5.41) is 8.22. The molecule has 0 saturated heterocycles. The first kappa shape index (κ1) is 10.0. The molecule has 0 aliphatic heterocycles. The molecule has 0 aliphatic rings. The molecule has 0 saturated carbocycles. The molecule has 6 heteroatoms. The molecule has 3 aromatic rings. The Hall–Kier alpha value is -2.14. The van der Waals surface area contributed by atoms with Gasteiger partial charge >= 0.3 is 5.91 Å². The minimum Gasteiger partial charge on any atom is -0.459 e. The van der Waals surface area contributed by atoms with Gasteiger partial charge in [0.05, 0.1) is 11.8 Å². The standard InChI is InChI=1S/C11H6ClN3O2/c12-7-3-4-9-8(6-7)13-14-15(9)11(16)10-2-1-5-17-10/h1-6H. The maximum atomic E-state index is 12.0. The van der Waals surface area contributed by atoms with Gasteiger partial charge in [0, 0.05) is 5.02 Å². The Morgan fingerprint density at radius 1 is 1.35 bits per heavy atom. The average molecular weight is 248 g/mol. The number of hydrogen-bond acceptors (Lipinski definition) is 4. The Balaban J connectivity index is 2.15. The SMILES string of the molecule is O=C(c1ccco1)n1nnc2cc(Cl)ccc21. The third-order valence-electron chi connectivity index (χ3n) is 2.33. The van der Waals surface area contributed by atoms with Crippen LogP contribution in [0, 0.1) is 0 Å². The van der Waals surface area contributed by atoms with Crippen LogP contribution in [-0.2, 0) is 0 Å². The van der Waals surface area contributed by atoms with Crippen LogP contribution in [0.2, 0.25) is 5.02 Å². The van der Waals surface area contributed by atoms with Gasteiger partial charge in [-0.05, 0) is 30.3 Å². The van der Waals surface area contributed by atoms with E-state index in [2.05, 4.69) is 10.3 Å². The van der Waals surface area contributed by atoms with E-state index in [1.54, 1.807) is 30.3 Å². The molecule has 17 heavy (non-hydrogen) atoms. The zero-order chi connectivity index (χ0) is 11.8. The third kappa shape index (κ3) is 1.60. The summed E-state index contributed by atoms with van der Waals surface area (Å²) in [5.41, 5.74) is 1.16. The smallest absolute Gasteiger partial charge is 0.315 e. The van der Waals surface area contributed by atoms with E-state index in [9.17, 15) is 4.79 Å². The highest BCUT2D eigenvalue weighted by molar-refractivity contribution is 6.31. The Morgan fingerprint density at radius 3 is 3.00 bits per heavy atom. The van der Waals surface area contributed by atoms with E-state index in [1.165, 1.54) is 10.9 Å². The predicted molar refractivity (Wildman–Crippen MR) is 61.0 cm³/mol. The zero-order valence-electron chi connectivity index (χ0n) is 8.50. The first-order valence-electron chi connectivity index (χ1n) is 4.85. The van der Waals surface area contributed by atoms with Crippen molar-refractivity contribution in [1.29, 1.82) is 0 Å². The average Bonchev–Trinajstić information content (AvgIpc) is 2.96. The highest BCUT2D eigenvalue weighted by Crippen LogP contribution is 2.17. The van der Waals surface area contributed by atoms with Crippen LogP contribution >= 0.6 is 11.6 Å². The van der Waals surface area contributed by atoms with Crippen molar-refractivity contribution in [2.75, 3.05) is 0 Å². The minimum atomic E-state index is -0.361. The number of fused-ring (bicyclic) bond motifs is 1. The summed E-state index contributed by atoms with van der Waals surface area (Å²) in [6.07, 6.45) is 1.43. The largest absolute Gasteiger partial charge is 0.459 e. The van der Waals surface area contributed by atoms with Gasteiger partial charge in [-0.3, -0.25) is 4.79 Å². The molecular weight excluding hydrogens is 242 g/mol. The maximum Gasteiger partial charge on any atom is 0.315 e. The number of benzene rings is 1. The molecule has 2 heterocycles. The Morgan fingerprint density at radius 2 is 2.24 bits per heavy atom. The lowest BCUT2D eigenvalue weighted by Crippen LogP contribution is -2.12. The number of furan rings is 1. The first-order valence-corrected chi connectivity index (χ1v) is 5.23. The second-order valence-electron chi connectivity index (χ2n) is 3.42. The van der Waals surface area contributed by atoms with Crippen LogP contribution in [0.1, 0.15) is 10.6 Å². The fourth-order valence-electron chi connectivity index (χ4n) is 1.55. The molecule has 0 radical (unpaired) electrons.